The third-order valence-electron chi connectivity index (χ3n) is 14.9. The molecule has 0 aromatic heterocycles. The molecule has 23 heteroatoms. The van der Waals surface area contributed by atoms with Crippen LogP contribution in [0.15, 0.2) is 79.4 Å². The Bertz CT molecular complexity index is 3000. The largest absolute Gasteiger partial charge is 0.493 e. The van der Waals surface area contributed by atoms with E-state index in [1.807, 2.05) is 43.4 Å². The van der Waals surface area contributed by atoms with Crippen molar-refractivity contribution in [3.63, 3.8) is 0 Å². The highest BCUT2D eigenvalue weighted by atomic mass is 35.5. The van der Waals surface area contributed by atoms with Gasteiger partial charge in [-0.05, 0) is 114 Å². The minimum atomic E-state index is -0.840. The number of likely N-dealkylation sites (N-methyl/N-ethyl adjacent to an activating group) is 1. The maximum atomic E-state index is 14.4. The lowest BCUT2D eigenvalue weighted by atomic mass is 9.95. The third-order valence-corrected chi connectivity index (χ3v) is 15.3. The van der Waals surface area contributed by atoms with Crippen LogP contribution < -0.4 is 40.4 Å². The molecule has 0 aliphatic carbocycles. The summed E-state index contributed by atoms with van der Waals surface area (Å²) in [5, 5.41) is 13.4. The van der Waals surface area contributed by atoms with Crippen LogP contribution in [0.2, 0.25) is 0 Å². The zero-order chi connectivity index (χ0) is 61.8. The lowest BCUT2D eigenvalue weighted by Gasteiger charge is -2.31. The molecule has 3 aliphatic rings. The molecule has 7 rings (SSSR count). The molecular weight excluding hydrogens is 1130 g/mol. The molecule has 0 radical (unpaired) electrons. The van der Waals surface area contributed by atoms with Crippen molar-refractivity contribution in [3.05, 3.63) is 96.1 Å². The smallest absolute Gasteiger partial charge is 0.415 e. The maximum Gasteiger partial charge on any atom is 0.415 e. The first kappa shape index (κ1) is 65.6. The van der Waals surface area contributed by atoms with E-state index in [0.717, 1.165) is 35.1 Å². The van der Waals surface area contributed by atoms with Crippen LogP contribution in [0.3, 0.4) is 0 Å². The van der Waals surface area contributed by atoms with Gasteiger partial charge in [-0.25, -0.2) is 19.2 Å². The van der Waals surface area contributed by atoms with E-state index in [0.29, 0.717) is 114 Å². The summed E-state index contributed by atoms with van der Waals surface area (Å²) < 4.78 is 39.5. The fraction of sp³-hybridized carbons (Fsp3) is 0.508. The number of anilines is 3. The second-order valence-electron chi connectivity index (χ2n) is 22.6. The quantitative estimate of drug-likeness (QED) is 0.0143. The first-order valence-corrected chi connectivity index (χ1v) is 30.0. The van der Waals surface area contributed by atoms with Gasteiger partial charge in [-0.3, -0.25) is 19.7 Å². The minimum absolute atomic E-state index is 0.0227. The van der Waals surface area contributed by atoms with Gasteiger partial charge in [-0.15, -0.1) is 11.6 Å². The SMILES string of the molecule is C=CCOC(=O)N[C@@H](CCCCNC(=O)OC(C)(C)C)CNc1ccc(COC(=O)Nc2cc(OCCCCCC(=O)N3C[C@@H](CCl)c4c3cc(OC(=O)N3CCN(C)CC3)c3ccccc43)c(OC)cc2C(=O)N2CCC[C@H]2COC(C)=O)cc1. The van der Waals surface area contributed by atoms with Gasteiger partial charge in [0.1, 0.15) is 31.2 Å². The van der Waals surface area contributed by atoms with Crippen LogP contribution in [0.1, 0.15) is 113 Å². The number of ether oxygens (including phenoxy) is 7. The van der Waals surface area contributed by atoms with Crippen LogP contribution in [0, 0.1) is 0 Å². The van der Waals surface area contributed by atoms with Crippen LogP contribution in [-0.4, -0.2) is 167 Å². The van der Waals surface area contributed by atoms with E-state index in [1.54, 1.807) is 53.7 Å². The Hall–Kier alpha value is -7.98. The summed E-state index contributed by atoms with van der Waals surface area (Å²) in [5.41, 5.74) is 2.68. The second-order valence-corrected chi connectivity index (χ2v) is 22.9. The molecule has 4 N–H and O–H groups in total. The Morgan fingerprint density at radius 2 is 1.58 bits per heavy atom. The highest BCUT2D eigenvalue weighted by Crippen LogP contribution is 2.46. The molecule has 0 spiro atoms. The molecule has 4 aromatic rings. The van der Waals surface area contributed by atoms with Crippen molar-refractivity contribution in [2.75, 3.05) is 108 Å². The summed E-state index contributed by atoms with van der Waals surface area (Å²) in [6.45, 7) is 14.7. The van der Waals surface area contributed by atoms with Crippen LogP contribution in [0.25, 0.3) is 10.8 Å². The van der Waals surface area contributed by atoms with Gasteiger partial charge in [0.05, 0.1) is 36.7 Å². The number of fused-ring (bicyclic) bond motifs is 3. The van der Waals surface area contributed by atoms with Crippen LogP contribution in [0.5, 0.6) is 17.2 Å². The topological polar surface area (TPSA) is 245 Å². The molecule has 6 amide bonds. The minimum Gasteiger partial charge on any atom is -0.493 e. The number of nitrogens with one attached hydrogen (secondary N) is 4. The number of piperazine rings is 1. The van der Waals surface area contributed by atoms with Gasteiger partial charge in [-0.1, -0.05) is 49.1 Å². The normalized spacial score (nSPS) is 16.1. The lowest BCUT2D eigenvalue weighted by molar-refractivity contribution is -0.142. The second kappa shape index (κ2) is 32.0. The van der Waals surface area contributed by atoms with Gasteiger partial charge < -0.3 is 68.7 Å². The highest BCUT2D eigenvalue weighted by Gasteiger charge is 2.36. The van der Waals surface area contributed by atoms with E-state index < -0.39 is 41.9 Å². The van der Waals surface area contributed by atoms with E-state index in [1.165, 1.54) is 32.2 Å². The molecule has 22 nitrogen and oxygen atoms in total. The molecule has 0 bridgehead atoms. The van der Waals surface area contributed by atoms with Crippen LogP contribution in [-0.2, 0) is 35.1 Å². The van der Waals surface area contributed by atoms with Gasteiger partial charge in [0.15, 0.2) is 11.5 Å². The van der Waals surface area contributed by atoms with Gasteiger partial charge >= 0.3 is 30.3 Å². The molecule has 466 valence electrons. The summed E-state index contributed by atoms with van der Waals surface area (Å²) in [5.74, 6) is 0.145. The van der Waals surface area contributed by atoms with Crippen LogP contribution >= 0.6 is 11.6 Å². The molecule has 2 saturated heterocycles. The van der Waals surface area contributed by atoms with Crippen molar-refractivity contribution in [3.8, 4) is 17.2 Å². The monoisotopic (exact) mass is 1210 g/mol. The number of alkyl halides is 1. The van der Waals surface area contributed by atoms with E-state index in [4.69, 9.17) is 44.8 Å². The molecule has 86 heavy (non-hydrogen) atoms. The van der Waals surface area contributed by atoms with E-state index >= 15 is 0 Å². The number of hydrogen-bond donors (Lipinski definition) is 4. The molecule has 0 saturated carbocycles. The van der Waals surface area contributed by atoms with Crippen molar-refractivity contribution in [1.82, 2.24) is 25.3 Å². The van der Waals surface area contributed by atoms with E-state index in [-0.39, 0.29) is 79.5 Å². The predicted molar refractivity (Wildman–Crippen MR) is 328 cm³/mol. The number of methoxy groups -OCH3 is 1. The van der Waals surface area contributed by atoms with Gasteiger partial charge in [0.2, 0.25) is 5.91 Å². The fourth-order valence-corrected chi connectivity index (χ4v) is 10.7. The predicted octanol–water partition coefficient (Wildman–Crippen LogP) is 10.2. The zero-order valence-corrected chi connectivity index (χ0v) is 51.1. The molecular formula is C63H83ClN8O14. The Morgan fingerprint density at radius 3 is 2.29 bits per heavy atom. The molecule has 3 aliphatic heterocycles. The Labute approximate surface area is 508 Å². The van der Waals surface area contributed by atoms with Crippen molar-refractivity contribution >= 4 is 81.6 Å². The summed E-state index contributed by atoms with van der Waals surface area (Å²) >= 11 is 6.55. The summed E-state index contributed by atoms with van der Waals surface area (Å²) in [4.78, 5) is 99.0. The zero-order valence-electron chi connectivity index (χ0n) is 50.3. The van der Waals surface area contributed by atoms with Crippen molar-refractivity contribution in [2.45, 2.75) is 116 Å². The summed E-state index contributed by atoms with van der Waals surface area (Å²) in [6.07, 6.45) is 4.37. The molecule has 3 atom stereocenters. The fourth-order valence-electron chi connectivity index (χ4n) is 10.5. The van der Waals surface area contributed by atoms with E-state index in [2.05, 4.69) is 32.7 Å². The standard InChI is InChI=1S/C63H83ClN8O14/c1-8-32-82-60(77)67-46(17-13-14-26-65-59(76)86-63(3,4)5)38-66-45-24-22-43(23-25-45)40-84-61(78)68-51-35-55(54(80-7)34-50(51)58(75)71-27-16-18-47(71)41-83-42(2)73)81-33-15-9-10-21-56(74)72-39-44(37-64)57-49-20-12-11-19-48(49)53(36-52(57)72)85-62(79)70-30-28-69(6)29-31-70/h8,11-12,19-20,22-25,34-36,44,46-47,66H,1,9-10,13-18,21,26-33,37-41H2,2-7H3,(H,65,76)(H,67,77)(H,68,78)/t44-,46+,47+/m1/s1. The number of unbranched alkanes of at least 4 members (excludes halogenated alkanes) is 3. The summed E-state index contributed by atoms with van der Waals surface area (Å²) in [6, 6.07) is 19.1. The molecule has 3 heterocycles. The van der Waals surface area contributed by atoms with Crippen molar-refractivity contribution in [2.24, 2.45) is 0 Å². The highest BCUT2D eigenvalue weighted by molar-refractivity contribution is 6.19. The average Bonchev–Trinajstić information content (AvgIpc) is 1.86. The Kier molecular flexibility index (Phi) is 24.4. The number of hydrogen-bond acceptors (Lipinski definition) is 16. The number of esters is 1. The number of likely N-dealkylation sites (tertiary alicyclic amines) is 1. The first-order chi connectivity index (χ1) is 41.3. The number of amides is 6. The van der Waals surface area contributed by atoms with E-state index in [9.17, 15) is 33.6 Å². The van der Waals surface area contributed by atoms with Gasteiger partial charge in [-0.2, -0.15) is 0 Å². The van der Waals surface area contributed by atoms with Crippen molar-refractivity contribution in [1.29, 1.82) is 0 Å². The number of benzene rings is 4. The number of carbonyl (C=O) groups is 7. The number of alkyl carbamates (subject to hydrolysis) is 2. The third kappa shape index (κ3) is 19.0. The van der Waals surface area contributed by atoms with Gasteiger partial charge in [0.25, 0.3) is 5.91 Å². The van der Waals surface area contributed by atoms with Crippen LogP contribution in [0.4, 0.5) is 36.2 Å². The summed E-state index contributed by atoms with van der Waals surface area (Å²) in [7, 11) is 3.47. The number of halogens is 1. The number of nitrogens with zero attached hydrogens (tertiary/aromatic N) is 4. The molecule has 4 aromatic carbocycles. The number of carbonyl (C=O) groups excluding carboxylic acids is 7. The lowest BCUT2D eigenvalue weighted by Crippen LogP contribution is -2.48. The Morgan fingerprint density at radius 1 is 0.826 bits per heavy atom. The van der Waals surface area contributed by atoms with Gasteiger partial charge in [0, 0.05) is 107 Å². The van der Waals surface area contributed by atoms with Crippen molar-refractivity contribution < 1.29 is 66.7 Å². The number of rotatable bonds is 27. The molecule has 2 fully saturated rings. The first-order valence-electron chi connectivity index (χ1n) is 29.5. The molecule has 0 unspecified atom stereocenters. The maximum absolute atomic E-state index is 14.4. The Balaban J connectivity index is 0.956. The average molecular weight is 1210 g/mol.